The predicted molar refractivity (Wildman–Crippen MR) is 126 cm³/mol. The highest BCUT2D eigenvalue weighted by Gasteiger charge is 2.31. The van der Waals surface area contributed by atoms with Crippen LogP contribution in [0.2, 0.25) is 0 Å². The zero-order chi connectivity index (χ0) is 24.6. The number of hydrogen-bond acceptors (Lipinski definition) is 4. The molecule has 8 nitrogen and oxygen atoms in total. The summed E-state index contributed by atoms with van der Waals surface area (Å²) in [6.07, 6.45) is 0. The first-order valence-electron chi connectivity index (χ1n) is 11.1. The zero-order valence-corrected chi connectivity index (χ0v) is 19.4. The van der Waals surface area contributed by atoms with Gasteiger partial charge in [-0.1, -0.05) is 39.0 Å². The van der Waals surface area contributed by atoms with Gasteiger partial charge in [0.2, 0.25) is 5.91 Å². The highest BCUT2D eigenvalue weighted by atomic mass is 19.1. The molecule has 0 saturated carbocycles. The maximum Gasteiger partial charge on any atom is 0.329 e. The summed E-state index contributed by atoms with van der Waals surface area (Å²) in [7, 11) is 0. The van der Waals surface area contributed by atoms with Crippen LogP contribution in [0.1, 0.15) is 36.7 Å². The van der Waals surface area contributed by atoms with E-state index in [9.17, 15) is 23.6 Å². The number of carbonyl (C=O) groups is 2. The molecule has 178 valence electrons. The number of H-pyrrole nitrogens is 1. The zero-order valence-electron chi connectivity index (χ0n) is 19.4. The van der Waals surface area contributed by atoms with Gasteiger partial charge >= 0.3 is 5.69 Å². The molecule has 0 atom stereocenters. The number of hydrogen-bond donors (Lipinski definition) is 1. The van der Waals surface area contributed by atoms with Crippen LogP contribution in [-0.2, 0) is 11.3 Å². The van der Waals surface area contributed by atoms with Crippen molar-refractivity contribution in [2.45, 2.75) is 27.3 Å². The van der Waals surface area contributed by atoms with E-state index in [1.807, 2.05) is 20.8 Å². The second-order valence-corrected chi connectivity index (χ2v) is 9.78. The highest BCUT2D eigenvalue weighted by molar-refractivity contribution is 5.97. The van der Waals surface area contributed by atoms with Crippen LogP contribution < -0.4 is 11.2 Å². The van der Waals surface area contributed by atoms with Crippen molar-refractivity contribution < 1.29 is 14.0 Å². The minimum Gasteiger partial charge on any atom is -0.339 e. The van der Waals surface area contributed by atoms with Gasteiger partial charge in [-0.25, -0.2) is 9.18 Å². The van der Waals surface area contributed by atoms with E-state index < -0.39 is 23.0 Å². The van der Waals surface area contributed by atoms with E-state index >= 15 is 0 Å². The third kappa shape index (κ3) is 4.78. The first-order valence-corrected chi connectivity index (χ1v) is 11.1. The summed E-state index contributed by atoms with van der Waals surface area (Å²) >= 11 is 0. The molecule has 1 aliphatic heterocycles. The maximum absolute atomic E-state index is 14.6. The van der Waals surface area contributed by atoms with Crippen LogP contribution in [0.3, 0.4) is 0 Å². The quantitative estimate of drug-likeness (QED) is 0.638. The molecule has 0 unspecified atom stereocenters. The van der Waals surface area contributed by atoms with Crippen LogP contribution in [-0.4, -0.2) is 57.3 Å². The Morgan fingerprint density at radius 2 is 1.79 bits per heavy atom. The Kier molecular flexibility index (Phi) is 6.12. The van der Waals surface area contributed by atoms with Gasteiger partial charge in [0.15, 0.2) is 0 Å². The van der Waals surface area contributed by atoms with Crippen LogP contribution in [0.15, 0.2) is 52.1 Å². The Labute approximate surface area is 195 Å². The fourth-order valence-corrected chi connectivity index (χ4v) is 4.21. The minimum absolute atomic E-state index is 0.0367. The van der Waals surface area contributed by atoms with Gasteiger partial charge in [-0.05, 0) is 35.2 Å². The molecule has 2 aromatic carbocycles. The van der Waals surface area contributed by atoms with Crippen LogP contribution in [0.25, 0.3) is 10.9 Å². The van der Waals surface area contributed by atoms with Gasteiger partial charge in [-0.3, -0.25) is 23.9 Å². The van der Waals surface area contributed by atoms with Crippen molar-refractivity contribution >= 4 is 22.7 Å². The predicted octanol–water partition coefficient (Wildman–Crippen LogP) is 2.21. The number of piperazine rings is 1. The number of amides is 2. The van der Waals surface area contributed by atoms with Gasteiger partial charge in [0.25, 0.3) is 11.5 Å². The van der Waals surface area contributed by atoms with Gasteiger partial charge < -0.3 is 9.80 Å². The maximum atomic E-state index is 14.6. The molecule has 0 spiro atoms. The number of nitrogens with one attached hydrogen (secondary N) is 1. The number of aromatic nitrogens is 2. The summed E-state index contributed by atoms with van der Waals surface area (Å²) < 4.78 is 16.0. The molecule has 2 heterocycles. The van der Waals surface area contributed by atoms with Gasteiger partial charge in [-0.15, -0.1) is 0 Å². The van der Waals surface area contributed by atoms with Gasteiger partial charge in [0.05, 0.1) is 23.0 Å². The molecule has 9 heteroatoms. The first-order chi connectivity index (χ1) is 16.0. The monoisotopic (exact) mass is 466 g/mol. The summed E-state index contributed by atoms with van der Waals surface area (Å²) in [5.74, 6) is -1.43. The average Bonchev–Trinajstić information content (AvgIpc) is 2.78. The van der Waals surface area contributed by atoms with E-state index in [1.54, 1.807) is 29.2 Å². The average molecular weight is 467 g/mol. The van der Waals surface area contributed by atoms with Gasteiger partial charge in [0, 0.05) is 19.6 Å². The molecule has 3 aromatic rings. The lowest BCUT2D eigenvalue weighted by Gasteiger charge is -2.37. The standard InChI is InChI=1S/C25H27FN4O4/c1-25(2,3)15-29-11-10-28(14-21(29)31)23(33)18-12-16(8-9-19(18)26)13-30-20-7-5-4-6-17(20)22(32)27-24(30)34/h4-9,12H,10-11,13-15H2,1-3H3,(H,27,32,34). The largest absolute Gasteiger partial charge is 0.339 e. The van der Waals surface area contributed by atoms with Crippen molar-refractivity contribution in [2.75, 3.05) is 26.2 Å². The Bertz CT molecular complexity index is 1390. The molecular weight excluding hydrogens is 439 g/mol. The van der Waals surface area contributed by atoms with Crippen molar-refractivity contribution in [1.29, 1.82) is 0 Å². The van der Waals surface area contributed by atoms with E-state index in [0.29, 0.717) is 36.1 Å². The molecule has 0 radical (unpaired) electrons. The number of carbonyl (C=O) groups excluding carboxylic acids is 2. The molecular formula is C25H27FN4O4. The topological polar surface area (TPSA) is 95.5 Å². The van der Waals surface area contributed by atoms with Crippen molar-refractivity contribution in [3.05, 3.63) is 80.2 Å². The van der Waals surface area contributed by atoms with Crippen LogP contribution in [0.4, 0.5) is 4.39 Å². The SMILES string of the molecule is CC(C)(C)CN1CCN(C(=O)c2cc(Cn3c(=O)[nH]c(=O)c4ccccc43)ccc2F)CC1=O. The molecule has 2 amide bonds. The second-order valence-electron chi connectivity index (χ2n) is 9.78. The lowest BCUT2D eigenvalue weighted by Crippen LogP contribution is -2.54. The Hall–Kier alpha value is -3.75. The summed E-state index contributed by atoms with van der Waals surface area (Å²) in [6.45, 7) is 7.33. The van der Waals surface area contributed by atoms with E-state index in [0.717, 1.165) is 0 Å². The molecule has 1 aliphatic rings. The minimum atomic E-state index is -0.697. The fraction of sp³-hybridized carbons (Fsp3) is 0.360. The second kappa shape index (κ2) is 8.89. The Morgan fingerprint density at radius 3 is 2.50 bits per heavy atom. The third-order valence-electron chi connectivity index (χ3n) is 5.78. The lowest BCUT2D eigenvalue weighted by molar-refractivity contribution is -0.136. The Balaban J connectivity index is 1.59. The molecule has 0 aliphatic carbocycles. The van der Waals surface area contributed by atoms with Crippen molar-refractivity contribution in [1.82, 2.24) is 19.4 Å². The summed E-state index contributed by atoms with van der Waals surface area (Å²) in [5.41, 5.74) is -0.345. The summed E-state index contributed by atoms with van der Waals surface area (Å²) in [4.78, 5) is 55.6. The van der Waals surface area contributed by atoms with Crippen molar-refractivity contribution in [3.63, 3.8) is 0 Å². The molecule has 1 fully saturated rings. The number of rotatable bonds is 4. The smallest absolute Gasteiger partial charge is 0.329 e. The number of halogens is 1. The van der Waals surface area contributed by atoms with Crippen LogP contribution >= 0.6 is 0 Å². The van der Waals surface area contributed by atoms with Crippen molar-refractivity contribution in [2.24, 2.45) is 5.41 Å². The number of fused-ring (bicyclic) bond motifs is 1. The van der Waals surface area contributed by atoms with E-state index in [4.69, 9.17) is 0 Å². The summed E-state index contributed by atoms with van der Waals surface area (Å²) in [6, 6.07) is 10.8. The lowest BCUT2D eigenvalue weighted by atomic mass is 9.95. The van der Waals surface area contributed by atoms with E-state index in [-0.39, 0.29) is 30.0 Å². The number of benzene rings is 2. The molecule has 1 saturated heterocycles. The Morgan fingerprint density at radius 1 is 1.06 bits per heavy atom. The number of aromatic amines is 1. The first kappa shape index (κ1) is 23.4. The molecule has 0 bridgehead atoms. The number of nitrogens with zero attached hydrogens (tertiary/aromatic N) is 3. The normalized spacial score (nSPS) is 14.6. The third-order valence-corrected chi connectivity index (χ3v) is 5.78. The van der Waals surface area contributed by atoms with E-state index in [2.05, 4.69) is 4.98 Å². The highest BCUT2D eigenvalue weighted by Crippen LogP contribution is 2.20. The number of para-hydroxylation sites is 1. The molecule has 4 rings (SSSR count). The molecule has 1 N–H and O–H groups in total. The summed E-state index contributed by atoms with van der Waals surface area (Å²) in [5, 5.41) is 0.354. The van der Waals surface area contributed by atoms with Gasteiger partial charge in [-0.2, -0.15) is 0 Å². The molecule has 1 aromatic heterocycles. The van der Waals surface area contributed by atoms with Gasteiger partial charge in [0.1, 0.15) is 12.4 Å². The molecule has 34 heavy (non-hydrogen) atoms. The van der Waals surface area contributed by atoms with Crippen LogP contribution in [0.5, 0.6) is 0 Å². The van der Waals surface area contributed by atoms with E-state index in [1.165, 1.54) is 27.7 Å². The fourth-order valence-electron chi connectivity index (χ4n) is 4.21. The van der Waals surface area contributed by atoms with Crippen LogP contribution in [0, 0.1) is 11.2 Å². The van der Waals surface area contributed by atoms with Crippen molar-refractivity contribution in [3.8, 4) is 0 Å².